The van der Waals surface area contributed by atoms with E-state index >= 15 is 0 Å². The average Bonchev–Trinajstić information content (AvgIpc) is 2.71. The zero-order valence-corrected chi connectivity index (χ0v) is 14.9. The van der Waals surface area contributed by atoms with Gasteiger partial charge in [0.25, 0.3) is 5.91 Å². The smallest absolute Gasteiger partial charge is 0.271 e. The fraction of sp³-hybridized carbons (Fsp3) is 0.158. The largest absolute Gasteiger partial charge is 0.485 e. The molecule has 7 nitrogen and oxygen atoms in total. The van der Waals surface area contributed by atoms with Crippen LogP contribution in [0.3, 0.4) is 0 Å². The summed E-state index contributed by atoms with van der Waals surface area (Å²) in [6.45, 7) is 0.0554. The zero-order chi connectivity index (χ0) is 18.6. The molecule has 1 aliphatic heterocycles. The van der Waals surface area contributed by atoms with Crippen LogP contribution in [-0.4, -0.2) is 40.2 Å². The molecule has 2 amide bonds. The minimum Gasteiger partial charge on any atom is -0.485 e. The van der Waals surface area contributed by atoms with E-state index < -0.39 is 17.9 Å². The van der Waals surface area contributed by atoms with Crippen LogP contribution >= 0.6 is 11.8 Å². The molecule has 0 radical (unpaired) electrons. The van der Waals surface area contributed by atoms with Crippen LogP contribution in [0.25, 0.3) is 10.9 Å². The molecule has 136 valence electrons. The number of hydrogen-bond donors (Lipinski definition) is 1. The van der Waals surface area contributed by atoms with Crippen molar-refractivity contribution in [3.63, 3.8) is 0 Å². The molecule has 0 aliphatic carbocycles. The second-order valence-corrected chi connectivity index (χ2v) is 6.73. The number of para-hydroxylation sites is 3. The van der Waals surface area contributed by atoms with Crippen molar-refractivity contribution < 1.29 is 19.1 Å². The van der Waals surface area contributed by atoms with Gasteiger partial charge in [-0.05, 0) is 18.2 Å². The third-order valence-corrected chi connectivity index (χ3v) is 4.92. The summed E-state index contributed by atoms with van der Waals surface area (Å²) < 4.78 is 11.1. The lowest BCUT2D eigenvalue weighted by molar-refractivity contribution is -0.135. The van der Waals surface area contributed by atoms with Crippen molar-refractivity contribution >= 4 is 34.5 Å². The Labute approximate surface area is 159 Å². The van der Waals surface area contributed by atoms with Crippen molar-refractivity contribution in [3.8, 4) is 11.5 Å². The van der Waals surface area contributed by atoms with Crippen molar-refractivity contribution in [2.24, 2.45) is 0 Å². The Balaban J connectivity index is 1.35. The molecule has 1 aliphatic rings. The third kappa shape index (κ3) is 3.85. The molecule has 0 unspecified atom stereocenters. The van der Waals surface area contributed by atoms with Gasteiger partial charge < -0.3 is 9.47 Å². The van der Waals surface area contributed by atoms with E-state index in [1.54, 1.807) is 18.2 Å². The van der Waals surface area contributed by atoms with Crippen LogP contribution in [0, 0.1) is 0 Å². The molecule has 0 saturated carbocycles. The summed E-state index contributed by atoms with van der Waals surface area (Å²) in [5.74, 6) is 0.173. The SMILES string of the molecule is O=C(CSc1ncnc2ccccc12)NC(=O)[C@@H]1COc2ccccc2O1. The van der Waals surface area contributed by atoms with Crippen LogP contribution in [0.15, 0.2) is 59.9 Å². The molecule has 0 bridgehead atoms. The van der Waals surface area contributed by atoms with Gasteiger partial charge in [0.2, 0.25) is 12.0 Å². The monoisotopic (exact) mass is 381 g/mol. The van der Waals surface area contributed by atoms with Crippen molar-refractivity contribution in [1.29, 1.82) is 0 Å². The number of thioether (sulfide) groups is 1. The van der Waals surface area contributed by atoms with E-state index in [-0.39, 0.29) is 12.4 Å². The maximum atomic E-state index is 12.3. The van der Waals surface area contributed by atoms with Gasteiger partial charge in [-0.25, -0.2) is 9.97 Å². The number of nitrogens with one attached hydrogen (secondary N) is 1. The average molecular weight is 381 g/mol. The van der Waals surface area contributed by atoms with Gasteiger partial charge in [-0.1, -0.05) is 42.1 Å². The molecule has 0 saturated heterocycles. The lowest BCUT2D eigenvalue weighted by Crippen LogP contribution is -2.46. The molecule has 1 aromatic heterocycles. The number of ether oxygens (including phenoxy) is 2. The first-order valence-electron chi connectivity index (χ1n) is 8.25. The van der Waals surface area contributed by atoms with Gasteiger partial charge in [0.05, 0.1) is 11.3 Å². The number of imide groups is 1. The quantitative estimate of drug-likeness (QED) is 0.547. The Morgan fingerprint density at radius 3 is 2.74 bits per heavy atom. The highest BCUT2D eigenvalue weighted by Crippen LogP contribution is 2.31. The minimum atomic E-state index is -0.867. The van der Waals surface area contributed by atoms with Crippen molar-refractivity contribution in [2.45, 2.75) is 11.1 Å². The van der Waals surface area contributed by atoms with Crippen molar-refractivity contribution in [1.82, 2.24) is 15.3 Å². The highest BCUT2D eigenvalue weighted by molar-refractivity contribution is 8.00. The number of benzene rings is 2. The van der Waals surface area contributed by atoms with Gasteiger partial charge in [0.1, 0.15) is 18.0 Å². The van der Waals surface area contributed by atoms with Crippen molar-refractivity contribution in [2.75, 3.05) is 12.4 Å². The molecule has 1 N–H and O–H groups in total. The summed E-state index contributed by atoms with van der Waals surface area (Å²) in [6, 6.07) is 14.6. The predicted octanol–water partition coefficient (Wildman–Crippen LogP) is 2.20. The summed E-state index contributed by atoms with van der Waals surface area (Å²) >= 11 is 1.25. The van der Waals surface area contributed by atoms with Crippen LogP contribution in [0.1, 0.15) is 0 Å². The first-order chi connectivity index (χ1) is 13.2. The van der Waals surface area contributed by atoms with Gasteiger partial charge in [0.15, 0.2) is 11.5 Å². The number of amides is 2. The summed E-state index contributed by atoms with van der Waals surface area (Å²) in [5.41, 5.74) is 0.804. The Bertz CT molecular complexity index is 1010. The molecule has 0 fully saturated rings. The number of hydrogen-bond acceptors (Lipinski definition) is 7. The first kappa shape index (κ1) is 17.3. The second-order valence-electron chi connectivity index (χ2n) is 5.76. The fourth-order valence-electron chi connectivity index (χ4n) is 2.63. The number of nitrogens with zero attached hydrogens (tertiary/aromatic N) is 2. The summed E-state index contributed by atoms with van der Waals surface area (Å²) in [5, 5.41) is 3.91. The zero-order valence-electron chi connectivity index (χ0n) is 14.1. The predicted molar refractivity (Wildman–Crippen MR) is 99.8 cm³/mol. The lowest BCUT2D eigenvalue weighted by atomic mass is 10.2. The lowest BCUT2D eigenvalue weighted by Gasteiger charge is -2.25. The number of aromatic nitrogens is 2. The molecule has 2 aromatic carbocycles. The number of rotatable bonds is 4. The fourth-order valence-corrected chi connectivity index (χ4v) is 3.42. The van der Waals surface area contributed by atoms with E-state index in [1.165, 1.54) is 18.1 Å². The molecule has 4 rings (SSSR count). The normalized spacial score (nSPS) is 15.3. The van der Waals surface area contributed by atoms with Gasteiger partial charge >= 0.3 is 0 Å². The molecule has 8 heteroatoms. The summed E-state index contributed by atoms with van der Waals surface area (Å²) in [7, 11) is 0. The topological polar surface area (TPSA) is 90.4 Å². The van der Waals surface area contributed by atoms with E-state index in [1.807, 2.05) is 30.3 Å². The van der Waals surface area contributed by atoms with Crippen LogP contribution in [0.2, 0.25) is 0 Å². The molecular formula is C19H15N3O4S. The highest BCUT2D eigenvalue weighted by Gasteiger charge is 2.28. The Kier molecular flexibility index (Phi) is 4.88. The van der Waals surface area contributed by atoms with Crippen LogP contribution in [0.4, 0.5) is 0 Å². The first-order valence-corrected chi connectivity index (χ1v) is 9.24. The van der Waals surface area contributed by atoms with Gasteiger partial charge in [-0.2, -0.15) is 0 Å². The molecule has 3 aromatic rings. The van der Waals surface area contributed by atoms with E-state index in [4.69, 9.17) is 9.47 Å². The standard InChI is InChI=1S/C19H15N3O4S/c23-17(10-27-19-12-5-1-2-6-13(12)20-11-21-19)22-18(24)16-9-25-14-7-3-4-8-15(14)26-16/h1-8,11,16H,9-10H2,(H,22,23,24)/t16-/m0/s1. The maximum Gasteiger partial charge on any atom is 0.271 e. The molecular weight excluding hydrogens is 366 g/mol. The van der Waals surface area contributed by atoms with Gasteiger partial charge in [-0.3, -0.25) is 14.9 Å². The van der Waals surface area contributed by atoms with Gasteiger partial charge in [0, 0.05) is 5.39 Å². The Morgan fingerprint density at radius 2 is 1.85 bits per heavy atom. The highest BCUT2D eigenvalue weighted by atomic mass is 32.2. The number of fused-ring (bicyclic) bond motifs is 2. The molecule has 0 spiro atoms. The number of carbonyl (C=O) groups excluding carboxylic acids is 2. The Morgan fingerprint density at radius 1 is 1.07 bits per heavy atom. The van der Waals surface area contributed by atoms with Crippen LogP contribution in [0.5, 0.6) is 11.5 Å². The van der Waals surface area contributed by atoms with Crippen LogP contribution in [-0.2, 0) is 9.59 Å². The number of carbonyl (C=O) groups is 2. The van der Waals surface area contributed by atoms with E-state index in [2.05, 4.69) is 15.3 Å². The third-order valence-electron chi connectivity index (χ3n) is 3.91. The molecule has 27 heavy (non-hydrogen) atoms. The maximum absolute atomic E-state index is 12.3. The minimum absolute atomic E-state index is 0.0525. The van der Waals surface area contributed by atoms with E-state index in [9.17, 15) is 9.59 Å². The molecule has 2 heterocycles. The van der Waals surface area contributed by atoms with E-state index in [0.717, 1.165) is 10.9 Å². The molecule has 1 atom stereocenters. The summed E-state index contributed by atoms with van der Waals surface area (Å²) in [4.78, 5) is 32.8. The van der Waals surface area contributed by atoms with Gasteiger partial charge in [-0.15, -0.1) is 0 Å². The summed E-state index contributed by atoms with van der Waals surface area (Å²) in [6.07, 6.45) is 0.590. The second kappa shape index (κ2) is 7.63. The Hall–Kier alpha value is -3.13. The van der Waals surface area contributed by atoms with E-state index in [0.29, 0.717) is 16.5 Å². The van der Waals surface area contributed by atoms with Crippen LogP contribution < -0.4 is 14.8 Å². The van der Waals surface area contributed by atoms with Crippen molar-refractivity contribution in [3.05, 3.63) is 54.9 Å².